The molecule has 0 amide bonds. The fraction of sp³-hybridized carbons (Fsp3) is 0. The second kappa shape index (κ2) is 11.0. The van der Waals surface area contributed by atoms with Crippen LogP contribution in [0.15, 0.2) is 164 Å². The van der Waals surface area contributed by atoms with Crippen LogP contribution in [0.25, 0.3) is 101 Å². The van der Waals surface area contributed by atoms with Crippen molar-refractivity contribution in [3.05, 3.63) is 175 Å². The third-order valence-corrected chi connectivity index (χ3v) is 12.4. The van der Waals surface area contributed by atoms with E-state index in [0.717, 1.165) is 27.2 Å². The van der Waals surface area contributed by atoms with E-state index in [1.165, 1.54) is 74.2 Å². The summed E-state index contributed by atoms with van der Waals surface area (Å²) in [7, 11) is 0. The molecule has 1 heterocycles. The molecule has 0 radical (unpaired) electrons. The Balaban J connectivity index is 1.26. The molecular weight excluding hydrogens is 657 g/mol. The molecule has 49 heavy (non-hydrogen) atoms. The van der Waals surface area contributed by atoms with Gasteiger partial charge in [0.1, 0.15) is 0 Å². The first-order chi connectivity index (χ1) is 24.3. The number of benzene rings is 9. The number of nitrogens with zero attached hydrogens (tertiary/aromatic N) is 1. The third kappa shape index (κ3) is 4.17. The van der Waals surface area contributed by atoms with Gasteiger partial charge in [-0.2, -0.15) is 0 Å². The molecule has 0 N–H and O–H groups in total. The van der Waals surface area contributed by atoms with Crippen LogP contribution in [0.1, 0.15) is 0 Å². The van der Waals surface area contributed by atoms with Crippen molar-refractivity contribution in [2.75, 3.05) is 0 Å². The average Bonchev–Trinajstić information content (AvgIpc) is 3.54. The second-order valence-electron chi connectivity index (χ2n) is 12.6. The van der Waals surface area contributed by atoms with Crippen LogP contribution in [0.5, 0.6) is 0 Å². The average molecular weight is 685 g/mol. The van der Waals surface area contributed by atoms with Crippen LogP contribution in [0.3, 0.4) is 0 Å². The van der Waals surface area contributed by atoms with Gasteiger partial charge < -0.3 is 0 Å². The Morgan fingerprint density at radius 3 is 1.41 bits per heavy atom. The van der Waals surface area contributed by atoms with Crippen LogP contribution < -0.4 is 0 Å². The van der Waals surface area contributed by atoms with Crippen molar-refractivity contribution in [2.45, 2.75) is 0 Å². The monoisotopic (exact) mass is 685 g/mol. The minimum absolute atomic E-state index is 0.161. The van der Waals surface area contributed by atoms with Gasteiger partial charge in [-0.05, 0) is 0 Å². The van der Waals surface area contributed by atoms with Gasteiger partial charge in [-0.1, -0.05) is 0 Å². The molecule has 226 valence electrons. The first-order valence-electron chi connectivity index (χ1n) is 16.6. The number of rotatable bonds is 3. The van der Waals surface area contributed by atoms with Gasteiger partial charge in [0.2, 0.25) is 0 Å². The van der Waals surface area contributed by atoms with E-state index in [0.29, 0.717) is 0 Å². The molecule has 0 saturated carbocycles. The Labute approximate surface area is 289 Å². The van der Waals surface area contributed by atoms with E-state index >= 15 is 0 Å². The molecule has 0 saturated heterocycles. The Morgan fingerprint density at radius 2 is 0.857 bits per heavy atom. The van der Waals surface area contributed by atoms with Crippen molar-refractivity contribution in [3.63, 3.8) is 0 Å². The van der Waals surface area contributed by atoms with Crippen LogP contribution in [0.4, 0.5) is 5.69 Å². The van der Waals surface area contributed by atoms with E-state index < -0.39 is 0 Å². The molecule has 0 bridgehead atoms. The van der Waals surface area contributed by atoms with E-state index in [-0.39, 0.29) is 14.5 Å². The summed E-state index contributed by atoms with van der Waals surface area (Å²) < 4.78 is 2.83. The van der Waals surface area contributed by atoms with Crippen molar-refractivity contribution in [2.24, 2.45) is 0 Å². The number of fused-ring (bicyclic) bond motifs is 7. The molecule has 0 unspecified atom stereocenters. The third-order valence-electron chi connectivity index (χ3n) is 10.1. The van der Waals surface area contributed by atoms with Crippen molar-refractivity contribution in [3.8, 4) is 33.4 Å². The van der Waals surface area contributed by atoms with E-state index in [2.05, 4.69) is 157 Å². The molecule has 1 aromatic heterocycles. The first-order valence-corrected chi connectivity index (χ1v) is 18.3. The van der Waals surface area contributed by atoms with E-state index in [4.69, 9.17) is 6.57 Å². The number of hydrogen-bond donors (Lipinski definition) is 0. The Kier molecular flexibility index (Phi) is 6.33. The molecule has 0 fully saturated rings. The van der Waals surface area contributed by atoms with Crippen LogP contribution in [-0.2, 0) is 0 Å². The molecule has 0 aliphatic heterocycles. The van der Waals surface area contributed by atoms with Crippen LogP contribution in [0.2, 0.25) is 0 Å². The normalized spacial score (nSPS) is 11.7. The van der Waals surface area contributed by atoms with Crippen molar-refractivity contribution < 1.29 is 0 Å². The maximum atomic E-state index is 8.08. The van der Waals surface area contributed by atoms with Gasteiger partial charge in [-0.3, -0.25) is 0 Å². The molecule has 0 atom stereocenters. The van der Waals surface area contributed by atoms with Gasteiger partial charge in [0.05, 0.1) is 0 Å². The first kappa shape index (κ1) is 28.1. The van der Waals surface area contributed by atoms with E-state index in [1.807, 2.05) is 12.1 Å². The zero-order valence-electron chi connectivity index (χ0n) is 26.4. The fourth-order valence-corrected chi connectivity index (χ4v) is 10.5. The molecule has 1 nitrogen and oxygen atoms in total. The molecule has 10 aromatic rings. The van der Waals surface area contributed by atoms with Gasteiger partial charge >= 0.3 is 291 Å². The topological polar surface area (TPSA) is 4.36 Å². The summed E-state index contributed by atoms with van der Waals surface area (Å²) in [6.45, 7) is 8.08. The Hall–Kier alpha value is -5.97. The van der Waals surface area contributed by atoms with E-state index in [1.54, 1.807) is 0 Å². The van der Waals surface area contributed by atoms with Crippen LogP contribution in [0, 0.1) is 6.57 Å². The van der Waals surface area contributed by atoms with Crippen molar-refractivity contribution in [1.82, 2.24) is 0 Å². The predicted molar refractivity (Wildman–Crippen MR) is 211 cm³/mol. The summed E-state index contributed by atoms with van der Waals surface area (Å²) in [6.07, 6.45) is 0. The summed E-state index contributed by atoms with van der Waals surface area (Å²) in [4.78, 5) is 4.03. The van der Waals surface area contributed by atoms with Crippen molar-refractivity contribution >= 4 is 82.6 Å². The minimum atomic E-state index is 0.161. The number of hydrogen-bond acceptors (Lipinski definition) is 0. The van der Waals surface area contributed by atoms with E-state index in [9.17, 15) is 0 Å². The zero-order valence-corrected chi connectivity index (χ0v) is 28.2. The molecule has 10 rings (SSSR count). The quantitative estimate of drug-likeness (QED) is 0.0991. The van der Waals surface area contributed by atoms with Gasteiger partial charge in [0.15, 0.2) is 0 Å². The van der Waals surface area contributed by atoms with Crippen molar-refractivity contribution in [1.29, 1.82) is 0 Å². The summed E-state index contributed by atoms with van der Waals surface area (Å²) in [5.74, 6) is 0. The van der Waals surface area contributed by atoms with Gasteiger partial charge in [-0.15, -0.1) is 0 Å². The second-order valence-corrected chi connectivity index (χ2v) is 14.9. The summed E-state index contributed by atoms with van der Waals surface area (Å²) >= 11 is 0.161. The standard InChI is InChI=1S/C47H27NSe/c1-48-47-37-22-11-9-20-35(37)45(36-21-10-12-23-38(36)47)40-24-13-25-41-46(40)39-27-26-30(28-42(39)49-41)44-33-18-7-5-16-31(33)43(29-14-3-2-4-15-29)32-17-6-8-19-34(32)44/h2-28H. The molecule has 0 spiro atoms. The Morgan fingerprint density at radius 1 is 0.367 bits per heavy atom. The summed E-state index contributed by atoms with van der Waals surface area (Å²) in [5, 5.41) is 12.1. The fourth-order valence-electron chi connectivity index (χ4n) is 8.06. The Bertz CT molecular complexity index is 2880. The van der Waals surface area contributed by atoms with Gasteiger partial charge in [0, 0.05) is 0 Å². The summed E-state index contributed by atoms with van der Waals surface area (Å²) in [5.41, 5.74) is 8.30. The predicted octanol–water partition coefficient (Wildman–Crippen LogP) is 13.2. The SMILES string of the molecule is [C-]#[N+]c1c2ccccc2c(-c2cccc3[se]c4cc(-c5c6ccccc6c(-c6ccccc6)c6ccccc56)ccc4c23)c2ccccc12. The van der Waals surface area contributed by atoms with Crippen LogP contribution >= 0.6 is 0 Å². The van der Waals surface area contributed by atoms with Gasteiger partial charge in [0.25, 0.3) is 0 Å². The van der Waals surface area contributed by atoms with Gasteiger partial charge in [-0.25, -0.2) is 0 Å². The molecule has 0 aliphatic rings. The molecule has 9 aromatic carbocycles. The zero-order chi connectivity index (χ0) is 32.5. The molecule has 2 heteroatoms. The molecular formula is C47H27NSe. The summed E-state index contributed by atoms with van der Waals surface area (Å²) in [6, 6.07) is 59.5. The maximum absolute atomic E-state index is 8.08. The van der Waals surface area contributed by atoms with Crippen LogP contribution in [-0.4, -0.2) is 14.5 Å². The molecule has 0 aliphatic carbocycles.